The van der Waals surface area contributed by atoms with Crippen LogP contribution in [0.2, 0.25) is 0 Å². The molecule has 0 rings (SSSR count). The third kappa shape index (κ3) is 7.50. The van der Waals surface area contributed by atoms with Crippen molar-refractivity contribution in [3.63, 3.8) is 0 Å². The molecule has 0 aliphatic carbocycles. The number of hydrogen-bond donors (Lipinski definition) is 3. The minimum Gasteiger partial charge on any atom is -0.480 e. The van der Waals surface area contributed by atoms with Crippen LogP contribution in [-0.4, -0.2) is 34.9 Å². The molecule has 0 spiro atoms. The van der Waals surface area contributed by atoms with Crippen molar-refractivity contribution in [1.82, 2.24) is 5.32 Å². The molecule has 0 radical (unpaired) electrons. The van der Waals surface area contributed by atoms with E-state index in [1.807, 2.05) is 13.8 Å². The van der Waals surface area contributed by atoms with E-state index in [0.29, 0.717) is 0 Å². The zero-order valence-corrected chi connectivity index (χ0v) is 8.16. The second-order valence-corrected chi connectivity index (χ2v) is 2.31. The number of carbonyl (C=O) groups is 1. The van der Waals surface area contributed by atoms with Crippen molar-refractivity contribution in [1.29, 1.82) is 0 Å². The van der Waals surface area contributed by atoms with Crippen LogP contribution in [0, 0.1) is 0 Å². The van der Waals surface area contributed by atoms with E-state index in [2.05, 4.69) is 5.32 Å². The predicted octanol–water partition coefficient (Wildman–Crippen LogP) is 0.456. The maximum absolute atomic E-state index is 10.2. The molecule has 0 saturated carbocycles. The molecule has 0 aliphatic rings. The second kappa shape index (κ2) is 8.49. The summed E-state index contributed by atoms with van der Waals surface area (Å²) in [5.74, 6) is -0.902. The molecule has 4 heteroatoms. The number of nitrogens with one attached hydrogen (secondary N) is 1. The summed E-state index contributed by atoms with van der Waals surface area (Å²) >= 11 is 0. The number of hydrogen-bond acceptors (Lipinski definition) is 3. The Morgan fingerprint density at radius 1 is 1.42 bits per heavy atom. The first-order valence-electron chi connectivity index (χ1n) is 4.17. The monoisotopic (exact) mass is 177 g/mol. The summed E-state index contributed by atoms with van der Waals surface area (Å²) in [6, 6.07) is -0.756. The van der Waals surface area contributed by atoms with Gasteiger partial charge in [-0.25, -0.2) is 0 Å². The summed E-state index contributed by atoms with van der Waals surface area (Å²) in [5, 5.41) is 19.6. The van der Waals surface area contributed by atoms with Crippen molar-refractivity contribution >= 4 is 5.97 Å². The molecule has 0 aromatic heterocycles. The first kappa shape index (κ1) is 13.9. The van der Waals surface area contributed by atoms with Crippen LogP contribution in [0.4, 0.5) is 0 Å². The van der Waals surface area contributed by atoms with Gasteiger partial charge in [0.25, 0.3) is 0 Å². The fourth-order valence-corrected chi connectivity index (χ4v) is 0.551. The third-order valence-electron chi connectivity index (χ3n) is 1.18. The van der Waals surface area contributed by atoms with E-state index in [9.17, 15) is 4.79 Å². The third-order valence-corrected chi connectivity index (χ3v) is 1.18. The number of aliphatic carboxylic acids is 1. The number of carboxylic acid groups (broad SMARTS) is 1. The minimum atomic E-state index is -0.902. The van der Waals surface area contributed by atoms with Gasteiger partial charge in [-0.2, -0.15) is 0 Å². The zero-order valence-electron chi connectivity index (χ0n) is 8.16. The van der Waals surface area contributed by atoms with Crippen LogP contribution < -0.4 is 5.32 Å². The minimum absolute atomic E-state index is 0.0440. The van der Waals surface area contributed by atoms with Gasteiger partial charge in [0.2, 0.25) is 0 Å². The molecule has 0 aromatic carbocycles. The van der Waals surface area contributed by atoms with Crippen molar-refractivity contribution in [2.75, 3.05) is 6.61 Å². The maximum Gasteiger partial charge on any atom is 0.320 e. The summed E-state index contributed by atoms with van der Waals surface area (Å²) < 4.78 is 0. The lowest BCUT2D eigenvalue weighted by atomic mass is 10.3. The van der Waals surface area contributed by atoms with E-state index >= 15 is 0 Å². The first-order valence-corrected chi connectivity index (χ1v) is 4.17. The van der Waals surface area contributed by atoms with Gasteiger partial charge < -0.3 is 10.2 Å². The van der Waals surface area contributed by atoms with E-state index in [-0.39, 0.29) is 12.6 Å². The Kier molecular flexibility index (Phi) is 9.86. The van der Waals surface area contributed by atoms with Gasteiger partial charge in [0.1, 0.15) is 6.04 Å². The van der Waals surface area contributed by atoms with Crippen molar-refractivity contribution in [2.24, 2.45) is 0 Å². The summed E-state index contributed by atoms with van der Waals surface area (Å²) in [6.07, 6.45) is 0. The topological polar surface area (TPSA) is 69.6 Å². The summed E-state index contributed by atoms with van der Waals surface area (Å²) in [7, 11) is 0. The number of rotatable bonds is 4. The predicted molar refractivity (Wildman–Crippen MR) is 48.1 cm³/mol. The number of aliphatic hydroxyl groups is 1. The molecule has 4 nitrogen and oxygen atoms in total. The quantitative estimate of drug-likeness (QED) is 0.583. The number of carboxylic acids is 1. The Labute approximate surface area is 73.6 Å². The van der Waals surface area contributed by atoms with Gasteiger partial charge >= 0.3 is 5.97 Å². The Morgan fingerprint density at radius 2 is 1.83 bits per heavy atom. The molecule has 0 saturated heterocycles. The molecule has 1 unspecified atom stereocenters. The van der Waals surface area contributed by atoms with Gasteiger partial charge in [-0.3, -0.25) is 10.1 Å². The lowest BCUT2D eigenvalue weighted by Gasteiger charge is -2.13. The lowest BCUT2D eigenvalue weighted by Crippen LogP contribution is -2.41. The van der Waals surface area contributed by atoms with Gasteiger partial charge in [-0.1, -0.05) is 13.8 Å². The fraction of sp³-hybridized carbons (Fsp3) is 0.875. The van der Waals surface area contributed by atoms with E-state index in [4.69, 9.17) is 10.2 Å². The van der Waals surface area contributed by atoms with Crippen LogP contribution in [0.3, 0.4) is 0 Å². The van der Waals surface area contributed by atoms with Crippen molar-refractivity contribution < 1.29 is 15.0 Å². The van der Waals surface area contributed by atoms with Crippen LogP contribution in [0.5, 0.6) is 0 Å². The largest absolute Gasteiger partial charge is 0.480 e. The van der Waals surface area contributed by atoms with Gasteiger partial charge in [0.15, 0.2) is 0 Å². The van der Waals surface area contributed by atoms with E-state index < -0.39 is 12.0 Å². The average Bonchev–Trinajstić information content (AvgIpc) is 2.07. The molecule has 0 heterocycles. The van der Waals surface area contributed by atoms with E-state index in [1.165, 1.54) is 6.92 Å². The van der Waals surface area contributed by atoms with Crippen molar-refractivity contribution in [3.05, 3.63) is 0 Å². The molecular weight excluding hydrogens is 158 g/mol. The zero-order chi connectivity index (χ0) is 10.1. The molecule has 74 valence electrons. The smallest absolute Gasteiger partial charge is 0.320 e. The molecule has 0 aromatic rings. The Bertz CT molecular complexity index is 117. The van der Waals surface area contributed by atoms with E-state index in [0.717, 1.165) is 0 Å². The highest BCUT2D eigenvalue weighted by atomic mass is 16.4. The van der Waals surface area contributed by atoms with Crippen molar-refractivity contribution in [2.45, 2.75) is 39.8 Å². The Morgan fingerprint density at radius 3 is 2.08 bits per heavy atom. The van der Waals surface area contributed by atoms with Crippen molar-refractivity contribution in [3.8, 4) is 0 Å². The summed E-state index contributed by atoms with van der Waals surface area (Å²) in [5.41, 5.74) is 0. The SMILES string of the molecule is CC.CC(CO)N[C@H](C)C(=O)O. The highest BCUT2D eigenvalue weighted by molar-refractivity contribution is 5.72. The molecule has 3 N–H and O–H groups in total. The molecular formula is C8H19NO3. The summed E-state index contributed by atoms with van der Waals surface area (Å²) in [6.45, 7) is 7.21. The molecule has 0 fully saturated rings. The molecule has 12 heavy (non-hydrogen) atoms. The van der Waals surface area contributed by atoms with Crippen LogP contribution in [0.25, 0.3) is 0 Å². The molecule has 0 amide bonds. The van der Waals surface area contributed by atoms with Crippen LogP contribution >= 0.6 is 0 Å². The Hall–Kier alpha value is -0.610. The standard InChI is InChI=1S/C6H13NO3.C2H6/c1-4(3-8)7-5(2)6(9)10;1-2/h4-5,7-8H,3H2,1-2H3,(H,9,10);1-2H3/t4?,5-;/m1./s1. The molecule has 0 aliphatic heterocycles. The van der Waals surface area contributed by atoms with Gasteiger partial charge in [-0.15, -0.1) is 0 Å². The van der Waals surface area contributed by atoms with Gasteiger partial charge in [-0.05, 0) is 13.8 Å². The highest BCUT2D eigenvalue weighted by Gasteiger charge is 2.11. The Balaban J connectivity index is 0. The van der Waals surface area contributed by atoms with Crippen LogP contribution in [-0.2, 0) is 4.79 Å². The number of aliphatic hydroxyl groups excluding tert-OH is 1. The fourth-order valence-electron chi connectivity index (χ4n) is 0.551. The molecule has 0 bridgehead atoms. The second-order valence-electron chi connectivity index (χ2n) is 2.31. The maximum atomic E-state index is 10.2. The van der Waals surface area contributed by atoms with Gasteiger partial charge in [0.05, 0.1) is 6.61 Å². The van der Waals surface area contributed by atoms with Crippen LogP contribution in [0.15, 0.2) is 0 Å². The van der Waals surface area contributed by atoms with Gasteiger partial charge in [0, 0.05) is 6.04 Å². The normalized spacial score (nSPS) is 14.1. The average molecular weight is 177 g/mol. The summed E-state index contributed by atoms with van der Waals surface area (Å²) in [4.78, 5) is 10.2. The van der Waals surface area contributed by atoms with E-state index in [1.54, 1.807) is 6.92 Å². The van der Waals surface area contributed by atoms with Crippen LogP contribution in [0.1, 0.15) is 27.7 Å². The first-order chi connectivity index (χ1) is 5.57. The highest BCUT2D eigenvalue weighted by Crippen LogP contribution is 1.85. The lowest BCUT2D eigenvalue weighted by molar-refractivity contribution is -0.139. The molecule has 2 atom stereocenters.